The zero-order valence-corrected chi connectivity index (χ0v) is 13.9. The highest BCUT2D eigenvalue weighted by Crippen LogP contribution is 2.11. The van der Waals surface area contributed by atoms with Crippen molar-refractivity contribution in [2.45, 2.75) is 49.0 Å². The molecule has 2 aromatic rings. The third-order valence-electron chi connectivity index (χ3n) is 2.50. The lowest BCUT2D eigenvalue weighted by Gasteiger charge is -2.07. The summed E-state index contributed by atoms with van der Waals surface area (Å²) >= 11 is 0.0753. The number of fused-ring (bicyclic) bond motifs is 2. The fourth-order valence-corrected chi connectivity index (χ4v) is 4.62. The van der Waals surface area contributed by atoms with Crippen LogP contribution in [0.25, 0.3) is 0 Å². The van der Waals surface area contributed by atoms with E-state index in [1.807, 2.05) is 27.7 Å². The zero-order chi connectivity index (χ0) is 13.4. The molecule has 0 aromatic heterocycles. The maximum absolute atomic E-state index is 2.29. The molecule has 20 heavy (non-hydrogen) atoms. The molecule has 0 nitrogen and oxygen atoms in total. The number of benzene rings is 2. The Morgan fingerprint density at radius 3 is 1.40 bits per heavy atom. The summed E-state index contributed by atoms with van der Waals surface area (Å²) in [5.41, 5.74) is 3.08. The van der Waals surface area contributed by atoms with E-state index in [9.17, 15) is 0 Å². The van der Waals surface area contributed by atoms with Gasteiger partial charge in [0.15, 0.2) is 7.14 Å². The van der Waals surface area contributed by atoms with Gasteiger partial charge in [-0.3, -0.25) is 0 Å². The predicted octanol–water partition coefficient (Wildman–Crippen LogP) is 3.04. The van der Waals surface area contributed by atoms with Crippen molar-refractivity contribution in [3.8, 4) is 0 Å². The first kappa shape index (κ1) is 21.5. The minimum Gasteiger partial charge on any atom is -0.0776 e. The largest absolute Gasteiger partial charge is 0.358 e. The molecule has 3 rings (SSSR count). The Bertz CT molecular complexity index is 387. The molecular weight excluding hydrogens is 355 g/mol. The molecule has 0 spiro atoms. The second-order valence-electron chi connectivity index (χ2n) is 3.45. The van der Waals surface area contributed by atoms with Crippen LogP contribution in [0.2, 0.25) is 0 Å². The molecule has 1 heterocycles. The van der Waals surface area contributed by atoms with E-state index in [2.05, 4.69) is 48.5 Å². The van der Waals surface area contributed by atoms with Gasteiger partial charge in [0.1, 0.15) is 0 Å². The molecule has 0 radical (unpaired) electrons. The van der Waals surface area contributed by atoms with Gasteiger partial charge in [0.05, 0.1) is 0 Å². The summed E-state index contributed by atoms with van der Waals surface area (Å²) in [6, 6.07) is 17.7. The van der Waals surface area contributed by atoms with Crippen molar-refractivity contribution >= 4 is 0 Å². The van der Waals surface area contributed by atoms with E-state index in [-0.39, 0.29) is 36.1 Å². The highest BCUT2D eigenvalue weighted by atomic mass is 127. The molecular formula is C19H30I+. The Labute approximate surface area is 136 Å². The van der Waals surface area contributed by atoms with Crippen molar-refractivity contribution in [2.75, 3.05) is 0 Å². The van der Waals surface area contributed by atoms with Crippen molar-refractivity contribution in [1.82, 2.24) is 0 Å². The zero-order valence-electron chi connectivity index (χ0n) is 11.7. The van der Waals surface area contributed by atoms with Gasteiger partial charge in [-0.1, -0.05) is 78.9 Å². The third-order valence-corrected chi connectivity index (χ3v) is 5.77. The monoisotopic (exact) mass is 385 g/mol. The van der Waals surface area contributed by atoms with Gasteiger partial charge in [-0.05, 0) is 12.1 Å². The number of hydrogen-bond acceptors (Lipinski definition) is 0. The topological polar surface area (TPSA) is 0 Å². The molecule has 0 saturated heterocycles. The van der Waals surface area contributed by atoms with E-state index in [0.717, 1.165) is 6.42 Å². The van der Waals surface area contributed by atoms with Crippen molar-refractivity contribution in [3.05, 3.63) is 66.8 Å². The van der Waals surface area contributed by atoms with E-state index in [1.165, 1.54) is 0 Å². The van der Waals surface area contributed by atoms with Crippen LogP contribution in [0.3, 0.4) is 0 Å². The van der Waals surface area contributed by atoms with E-state index in [1.54, 1.807) is 18.3 Å². The lowest BCUT2D eigenvalue weighted by Crippen LogP contribution is -3.62. The molecule has 0 aliphatic carbocycles. The molecule has 0 amide bonds. The Hall–Kier alpha value is -0.830. The summed E-state index contributed by atoms with van der Waals surface area (Å²) in [6.07, 6.45) is 1.13. The fourth-order valence-electron chi connectivity index (χ4n) is 1.78. The van der Waals surface area contributed by atoms with Crippen LogP contribution in [0.15, 0.2) is 48.5 Å². The van der Waals surface area contributed by atoms with Gasteiger partial charge in [0.2, 0.25) is 0 Å². The van der Waals surface area contributed by atoms with Gasteiger partial charge in [-0.15, -0.1) is 0 Å². The first-order valence-electron chi connectivity index (χ1n) is 6.74. The number of halogens is 1. The summed E-state index contributed by atoms with van der Waals surface area (Å²) < 4.78 is 3.20. The van der Waals surface area contributed by atoms with Gasteiger partial charge in [-0.25, -0.2) is 0 Å². The summed E-state index contributed by atoms with van der Waals surface area (Å²) in [4.78, 5) is 0. The second-order valence-corrected chi connectivity index (χ2v) is 6.32. The molecule has 1 aliphatic heterocycles. The first-order chi connectivity index (χ1) is 8.93. The minimum absolute atomic E-state index is 0. The fraction of sp³-hybridized carbons (Fsp3) is 0.368. The van der Waals surface area contributed by atoms with E-state index in [4.69, 9.17) is 0 Å². The Morgan fingerprint density at radius 1 is 0.650 bits per heavy atom. The van der Waals surface area contributed by atoms with E-state index < -0.39 is 0 Å². The molecule has 112 valence electrons. The van der Waals surface area contributed by atoms with Crippen LogP contribution in [0.4, 0.5) is 0 Å². The molecule has 0 N–H and O–H groups in total. The molecule has 0 unspecified atom stereocenters. The molecule has 1 aliphatic rings. The molecule has 0 saturated carbocycles. The van der Waals surface area contributed by atoms with Gasteiger partial charge >= 0.3 is 21.2 Å². The summed E-state index contributed by atoms with van der Waals surface area (Å²) in [5, 5.41) is 0. The number of rotatable bonds is 0. The average molecular weight is 385 g/mol. The SMILES string of the molecule is C.C.CC.CC.c1ccc2c(c1)Cc1ccccc1[I+]2. The Kier molecular flexibility index (Phi) is 12.8. The molecule has 0 bridgehead atoms. The highest BCUT2D eigenvalue weighted by Gasteiger charge is 2.27. The van der Waals surface area contributed by atoms with E-state index >= 15 is 0 Å². The normalized spacial score (nSPS) is 9.80. The molecule has 0 atom stereocenters. The van der Waals surface area contributed by atoms with Crippen LogP contribution in [-0.4, -0.2) is 0 Å². The highest BCUT2D eigenvalue weighted by molar-refractivity contribution is 5.27. The van der Waals surface area contributed by atoms with Crippen LogP contribution >= 0.6 is 0 Å². The van der Waals surface area contributed by atoms with Gasteiger partial charge < -0.3 is 0 Å². The quantitative estimate of drug-likeness (QED) is 0.522. The third kappa shape index (κ3) is 5.28. The average Bonchev–Trinajstić information content (AvgIpc) is 2.49. The van der Waals surface area contributed by atoms with Gasteiger partial charge in [0.25, 0.3) is 0 Å². The van der Waals surface area contributed by atoms with Crippen LogP contribution in [-0.2, 0) is 6.42 Å². The molecule has 0 fully saturated rings. The molecule has 1 heteroatoms. The van der Waals surface area contributed by atoms with Gasteiger partial charge in [0, 0.05) is 17.5 Å². The van der Waals surface area contributed by atoms with Crippen LogP contribution in [0, 0.1) is 7.14 Å². The number of hydrogen-bond donors (Lipinski definition) is 0. The Morgan fingerprint density at radius 2 is 1.00 bits per heavy atom. The van der Waals surface area contributed by atoms with Crippen LogP contribution in [0.5, 0.6) is 0 Å². The maximum atomic E-state index is 2.29. The maximum Gasteiger partial charge on any atom is 0.358 e. The van der Waals surface area contributed by atoms with Crippen molar-refractivity contribution in [3.63, 3.8) is 0 Å². The van der Waals surface area contributed by atoms with Gasteiger partial charge in [-0.2, -0.15) is 0 Å². The Balaban J connectivity index is 0. The lowest BCUT2D eigenvalue weighted by molar-refractivity contribution is -0.601. The van der Waals surface area contributed by atoms with Crippen molar-refractivity contribution < 1.29 is 21.2 Å². The summed E-state index contributed by atoms with van der Waals surface area (Å²) in [7, 11) is 0. The minimum atomic E-state index is 0. The second kappa shape index (κ2) is 12.0. The lowest BCUT2D eigenvalue weighted by atomic mass is 10.1. The summed E-state index contributed by atoms with van der Waals surface area (Å²) in [5.74, 6) is 0. The van der Waals surface area contributed by atoms with Crippen LogP contribution in [0.1, 0.15) is 53.7 Å². The van der Waals surface area contributed by atoms with Crippen molar-refractivity contribution in [2.24, 2.45) is 0 Å². The first-order valence-corrected chi connectivity index (χ1v) is 8.90. The van der Waals surface area contributed by atoms with E-state index in [0.29, 0.717) is 0 Å². The predicted molar refractivity (Wildman–Crippen MR) is 89.2 cm³/mol. The van der Waals surface area contributed by atoms with Crippen molar-refractivity contribution in [1.29, 1.82) is 0 Å². The summed E-state index contributed by atoms with van der Waals surface area (Å²) in [6.45, 7) is 8.00. The standard InChI is InChI=1S/C13H10I.2C2H6.2CH4/c1-3-7-12-10(5-1)9-11-6-2-4-8-13(11)14-12;2*1-2;;/h1-8H,9H2;2*1-2H3;2*1H4/q+1;;;;. The smallest absolute Gasteiger partial charge is 0.0776 e. The van der Waals surface area contributed by atoms with Crippen LogP contribution < -0.4 is 21.2 Å². The molecule has 2 aromatic carbocycles.